The van der Waals surface area contributed by atoms with Gasteiger partial charge in [0.05, 0.1) is 0 Å². The van der Waals surface area contributed by atoms with Gasteiger partial charge in [-0.25, -0.2) is 0 Å². The predicted molar refractivity (Wildman–Crippen MR) is 54.9 cm³/mol. The zero-order valence-electron chi connectivity index (χ0n) is 9.17. The summed E-state index contributed by atoms with van der Waals surface area (Å²) in [6.07, 6.45) is 5.54. The first kappa shape index (κ1) is 18.0. The van der Waals surface area contributed by atoms with Gasteiger partial charge in [-0.2, -0.15) is 0 Å². The Morgan fingerprint density at radius 1 is 1.15 bits per heavy atom. The Morgan fingerprint density at radius 3 is 1.38 bits per heavy atom. The van der Waals surface area contributed by atoms with Crippen molar-refractivity contribution in [2.45, 2.75) is 53.4 Å². The molecule has 0 unspecified atom stereocenters. The normalized spacial score (nSPS) is 7.08. The van der Waals surface area contributed by atoms with Crippen LogP contribution >= 0.6 is 0 Å². The molecule has 0 aromatic heterocycles. The van der Waals surface area contributed by atoms with Gasteiger partial charge < -0.3 is 9.90 Å². The van der Waals surface area contributed by atoms with Crippen LogP contribution in [0.5, 0.6) is 0 Å². The molecule has 0 spiro atoms. The number of carbonyl (C=O) groups excluding carboxylic acids is 1. The zero-order chi connectivity index (χ0) is 11.1. The molecule has 0 radical (unpaired) electrons. The van der Waals surface area contributed by atoms with E-state index >= 15 is 0 Å². The third kappa shape index (κ3) is 203. The Morgan fingerprint density at radius 2 is 1.31 bits per heavy atom. The van der Waals surface area contributed by atoms with E-state index < -0.39 is 0 Å². The Labute approximate surface area is 81.2 Å². The molecular formula is C10H22O3. The van der Waals surface area contributed by atoms with Gasteiger partial charge in [0.1, 0.15) is 5.78 Å². The largest absolute Gasteiger partial charge is 0.483 e. The third-order valence-electron chi connectivity index (χ3n) is 0.957. The van der Waals surface area contributed by atoms with Crippen LogP contribution in [-0.2, 0) is 9.59 Å². The van der Waals surface area contributed by atoms with Crippen LogP contribution in [0.4, 0.5) is 0 Å². The van der Waals surface area contributed by atoms with Gasteiger partial charge in [-0.3, -0.25) is 4.79 Å². The summed E-state index contributed by atoms with van der Waals surface area (Å²) in [4.78, 5) is 17.8. The van der Waals surface area contributed by atoms with E-state index in [1.807, 2.05) is 0 Å². The molecule has 1 N–H and O–H groups in total. The molecule has 0 heterocycles. The maximum atomic E-state index is 9.44. The molecule has 0 aromatic carbocycles. The molecule has 80 valence electrons. The summed E-state index contributed by atoms with van der Waals surface area (Å²) in [7, 11) is 0. The summed E-state index contributed by atoms with van der Waals surface area (Å²) >= 11 is 0. The molecule has 0 aliphatic heterocycles. The number of hydrogen-bond acceptors (Lipinski definition) is 2. The number of carbonyl (C=O) groups is 2. The second-order valence-electron chi connectivity index (χ2n) is 2.72. The number of ketones is 1. The van der Waals surface area contributed by atoms with Crippen LogP contribution in [0.15, 0.2) is 0 Å². The first-order valence-corrected chi connectivity index (χ1v) is 4.61. The lowest BCUT2D eigenvalue weighted by molar-refractivity contribution is -0.123. The molecule has 13 heavy (non-hydrogen) atoms. The number of carboxylic acid groups (broad SMARTS) is 1. The molecule has 0 atom stereocenters. The Bertz CT molecular complexity index is 92.3. The molecule has 0 bridgehead atoms. The van der Waals surface area contributed by atoms with E-state index in [0.29, 0.717) is 0 Å². The molecule has 0 fully saturated rings. The van der Waals surface area contributed by atoms with E-state index in [-0.39, 0.29) is 12.3 Å². The number of unbranched alkanes of at least 4 members (excludes halogenated alkanes) is 3. The minimum absolute atomic E-state index is 0.167. The van der Waals surface area contributed by atoms with Gasteiger partial charge in [0.2, 0.25) is 0 Å². The topological polar surface area (TPSA) is 54.4 Å². The monoisotopic (exact) mass is 190 g/mol. The number of rotatable bonds is 3. The Kier molecular flexibility index (Phi) is 31.2. The van der Waals surface area contributed by atoms with Crippen LogP contribution in [-0.4, -0.2) is 17.4 Å². The molecule has 0 saturated carbocycles. The van der Waals surface area contributed by atoms with Crippen LogP contribution < -0.4 is 0 Å². The van der Waals surface area contributed by atoms with Gasteiger partial charge in [-0.05, 0) is 13.8 Å². The fourth-order valence-corrected chi connectivity index (χ4v) is 0.500. The first-order valence-electron chi connectivity index (χ1n) is 4.61. The van der Waals surface area contributed by atoms with Gasteiger partial charge in [-0.1, -0.05) is 39.5 Å². The minimum Gasteiger partial charge on any atom is -0.483 e. The van der Waals surface area contributed by atoms with Crippen molar-refractivity contribution < 1.29 is 14.7 Å². The van der Waals surface area contributed by atoms with Crippen LogP contribution in [0.1, 0.15) is 53.4 Å². The van der Waals surface area contributed by atoms with Crippen LogP contribution in [0, 0.1) is 0 Å². The Hall–Kier alpha value is -0.860. The van der Waals surface area contributed by atoms with Gasteiger partial charge in [0.25, 0.3) is 6.47 Å². The summed E-state index contributed by atoms with van der Waals surface area (Å²) in [6, 6.07) is 0. The van der Waals surface area contributed by atoms with Crippen molar-refractivity contribution in [1.82, 2.24) is 0 Å². The summed E-state index contributed by atoms with van der Waals surface area (Å²) in [5.74, 6) is 0.167. The van der Waals surface area contributed by atoms with Gasteiger partial charge in [0, 0.05) is 0 Å². The van der Waals surface area contributed by atoms with E-state index in [4.69, 9.17) is 9.90 Å². The van der Waals surface area contributed by atoms with Gasteiger partial charge >= 0.3 is 0 Å². The quantitative estimate of drug-likeness (QED) is 0.550. The lowest BCUT2D eigenvalue weighted by Crippen LogP contribution is -1.69. The fraction of sp³-hybridized carbons (Fsp3) is 0.800. The SMILES string of the molecule is CC(C)=O.CCCCCC.O=CO. The van der Waals surface area contributed by atoms with Gasteiger partial charge in [0.15, 0.2) is 0 Å². The van der Waals surface area contributed by atoms with Crippen molar-refractivity contribution in [3.63, 3.8) is 0 Å². The minimum atomic E-state index is -0.250. The van der Waals surface area contributed by atoms with Crippen molar-refractivity contribution in [2.24, 2.45) is 0 Å². The van der Waals surface area contributed by atoms with E-state index in [9.17, 15) is 4.79 Å². The highest BCUT2D eigenvalue weighted by Gasteiger charge is 1.75. The molecule has 0 aromatic rings. The second-order valence-corrected chi connectivity index (χ2v) is 2.72. The lowest BCUT2D eigenvalue weighted by atomic mass is 10.2. The molecule has 0 aliphatic rings. The molecule has 0 saturated heterocycles. The Balaban J connectivity index is -0.000000125. The predicted octanol–water partition coefficient (Wildman–Crippen LogP) is 2.88. The number of Topliss-reactive ketones (excluding diaryl/α,β-unsaturated/α-hetero) is 1. The van der Waals surface area contributed by atoms with Crippen LogP contribution in [0.3, 0.4) is 0 Å². The average Bonchev–Trinajstić information content (AvgIpc) is 2.01. The van der Waals surface area contributed by atoms with E-state index in [1.54, 1.807) is 0 Å². The van der Waals surface area contributed by atoms with E-state index in [2.05, 4.69) is 13.8 Å². The van der Waals surface area contributed by atoms with Crippen LogP contribution in [0.2, 0.25) is 0 Å². The summed E-state index contributed by atoms with van der Waals surface area (Å²) in [6.45, 7) is 7.27. The maximum absolute atomic E-state index is 9.44. The highest BCUT2D eigenvalue weighted by Crippen LogP contribution is 1.95. The van der Waals surface area contributed by atoms with Crippen molar-refractivity contribution in [1.29, 1.82) is 0 Å². The second kappa shape index (κ2) is 22.5. The average molecular weight is 190 g/mol. The van der Waals surface area contributed by atoms with Crippen LogP contribution in [0.25, 0.3) is 0 Å². The fourth-order valence-electron chi connectivity index (χ4n) is 0.500. The third-order valence-corrected chi connectivity index (χ3v) is 0.957. The van der Waals surface area contributed by atoms with Crippen molar-refractivity contribution >= 4 is 12.3 Å². The van der Waals surface area contributed by atoms with Gasteiger partial charge in [-0.15, -0.1) is 0 Å². The smallest absolute Gasteiger partial charge is 0.290 e. The van der Waals surface area contributed by atoms with E-state index in [0.717, 1.165) is 0 Å². The summed E-state index contributed by atoms with van der Waals surface area (Å²) in [5, 5.41) is 6.89. The molecule has 3 heteroatoms. The van der Waals surface area contributed by atoms with Crippen molar-refractivity contribution in [3.8, 4) is 0 Å². The molecule has 0 aliphatic carbocycles. The molecule has 0 rings (SSSR count). The zero-order valence-corrected chi connectivity index (χ0v) is 9.17. The highest BCUT2D eigenvalue weighted by molar-refractivity contribution is 5.72. The lowest BCUT2D eigenvalue weighted by Gasteiger charge is -1.86. The number of hydrogen-bond donors (Lipinski definition) is 1. The molecular weight excluding hydrogens is 168 g/mol. The highest BCUT2D eigenvalue weighted by atomic mass is 16.3. The van der Waals surface area contributed by atoms with E-state index in [1.165, 1.54) is 39.5 Å². The summed E-state index contributed by atoms with van der Waals surface area (Å²) < 4.78 is 0. The standard InChI is InChI=1S/C6H14.C3H6O.CH2O2/c1-3-5-6-4-2;1-3(2)4;2-1-3/h3-6H2,1-2H3;1-2H3;1H,(H,2,3). The first-order chi connectivity index (χ1) is 6.06. The van der Waals surface area contributed by atoms with Crippen molar-refractivity contribution in [2.75, 3.05) is 0 Å². The van der Waals surface area contributed by atoms with Crippen molar-refractivity contribution in [3.05, 3.63) is 0 Å². The molecule has 3 nitrogen and oxygen atoms in total. The maximum Gasteiger partial charge on any atom is 0.290 e. The summed E-state index contributed by atoms with van der Waals surface area (Å²) in [5.41, 5.74) is 0. The molecule has 0 amide bonds.